The van der Waals surface area contributed by atoms with Crippen LogP contribution in [0, 0.1) is 0 Å². The predicted molar refractivity (Wildman–Crippen MR) is 83.5 cm³/mol. The Balaban J connectivity index is 2.66. The standard InChI is InChI=1S/C16H26N2O3/c1-16(2,17)9-8-15(19)18(3)11-12-6-7-13(20-4)14(10-12)21-5/h6-7,10H,8-9,11,17H2,1-5H3. The van der Waals surface area contributed by atoms with Gasteiger partial charge in [0.2, 0.25) is 5.91 Å². The lowest BCUT2D eigenvalue weighted by Crippen LogP contribution is -2.34. The molecule has 118 valence electrons. The number of benzene rings is 1. The van der Waals surface area contributed by atoms with E-state index < -0.39 is 0 Å². The Bertz CT molecular complexity index is 481. The van der Waals surface area contributed by atoms with E-state index in [4.69, 9.17) is 15.2 Å². The van der Waals surface area contributed by atoms with Crippen LogP contribution in [-0.4, -0.2) is 37.6 Å². The van der Waals surface area contributed by atoms with Gasteiger partial charge in [0.25, 0.3) is 0 Å². The molecular weight excluding hydrogens is 268 g/mol. The van der Waals surface area contributed by atoms with Crippen molar-refractivity contribution < 1.29 is 14.3 Å². The second-order valence-electron chi connectivity index (χ2n) is 5.93. The molecule has 5 heteroatoms. The van der Waals surface area contributed by atoms with Gasteiger partial charge in [0, 0.05) is 25.6 Å². The van der Waals surface area contributed by atoms with Crippen molar-refractivity contribution in [3.05, 3.63) is 23.8 Å². The van der Waals surface area contributed by atoms with Gasteiger partial charge in [-0.1, -0.05) is 6.07 Å². The second kappa shape index (κ2) is 7.31. The third-order valence-corrected chi connectivity index (χ3v) is 3.28. The van der Waals surface area contributed by atoms with Gasteiger partial charge < -0.3 is 20.1 Å². The first-order valence-corrected chi connectivity index (χ1v) is 7.00. The zero-order valence-electron chi connectivity index (χ0n) is 13.6. The average Bonchev–Trinajstić information content (AvgIpc) is 2.43. The summed E-state index contributed by atoms with van der Waals surface area (Å²) in [5, 5.41) is 0. The van der Waals surface area contributed by atoms with Crippen molar-refractivity contribution in [2.75, 3.05) is 21.3 Å². The number of hydrogen-bond acceptors (Lipinski definition) is 4. The highest BCUT2D eigenvalue weighted by atomic mass is 16.5. The summed E-state index contributed by atoms with van der Waals surface area (Å²) in [6.07, 6.45) is 1.12. The van der Waals surface area contributed by atoms with Crippen molar-refractivity contribution in [2.24, 2.45) is 5.73 Å². The molecule has 0 aromatic heterocycles. The molecule has 1 aromatic rings. The largest absolute Gasteiger partial charge is 0.493 e. The van der Waals surface area contributed by atoms with Gasteiger partial charge >= 0.3 is 0 Å². The number of rotatable bonds is 7. The van der Waals surface area contributed by atoms with Gasteiger partial charge in [0.15, 0.2) is 11.5 Å². The number of methoxy groups -OCH3 is 2. The molecule has 0 aliphatic heterocycles. The minimum Gasteiger partial charge on any atom is -0.493 e. The lowest BCUT2D eigenvalue weighted by Gasteiger charge is -2.22. The van der Waals surface area contributed by atoms with Crippen LogP contribution < -0.4 is 15.2 Å². The fourth-order valence-electron chi connectivity index (χ4n) is 1.96. The third-order valence-electron chi connectivity index (χ3n) is 3.28. The van der Waals surface area contributed by atoms with Crippen LogP contribution in [0.25, 0.3) is 0 Å². The van der Waals surface area contributed by atoms with E-state index in [-0.39, 0.29) is 11.4 Å². The van der Waals surface area contributed by atoms with Crippen molar-refractivity contribution in [3.8, 4) is 11.5 Å². The normalized spacial score (nSPS) is 11.1. The second-order valence-corrected chi connectivity index (χ2v) is 5.93. The quantitative estimate of drug-likeness (QED) is 0.837. The summed E-state index contributed by atoms with van der Waals surface area (Å²) in [5.74, 6) is 1.43. The predicted octanol–water partition coefficient (Wildman–Crippen LogP) is 2.18. The fraction of sp³-hybridized carbons (Fsp3) is 0.562. The van der Waals surface area contributed by atoms with Crippen LogP contribution >= 0.6 is 0 Å². The molecule has 0 atom stereocenters. The van der Waals surface area contributed by atoms with Crippen LogP contribution in [0.5, 0.6) is 11.5 Å². The van der Waals surface area contributed by atoms with Crippen LogP contribution in [0.4, 0.5) is 0 Å². The molecule has 1 amide bonds. The first-order valence-electron chi connectivity index (χ1n) is 7.00. The molecule has 0 radical (unpaired) electrons. The minimum absolute atomic E-state index is 0.0864. The zero-order chi connectivity index (χ0) is 16.0. The summed E-state index contributed by atoms with van der Waals surface area (Å²) >= 11 is 0. The maximum atomic E-state index is 12.1. The molecule has 0 spiro atoms. The van der Waals surface area contributed by atoms with E-state index in [9.17, 15) is 4.79 Å². The third kappa shape index (κ3) is 5.63. The molecule has 0 bridgehead atoms. The maximum Gasteiger partial charge on any atom is 0.222 e. The van der Waals surface area contributed by atoms with Gasteiger partial charge in [-0.25, -0.2) is 0 Å². The van der Waals surface area contributed by atoms with Crippen LogP contribution in [0.1, 0.15) is 32.3 Å². The number of amides is 1. The smallest absolute Gasteiger partial charge is 0.222 e. The molecule has 2 N–H and O–H groups in total. The van der Waals surface area contributed by atoms with Crippen LogP contribution in [-0.2, 0) is 11.3 Å². The van der Waals surface area contributed by atoms with Crippen molar-refractivity contribution in [2.45, 2.75) is 38.8 Å². The SMILES string of the molecule is COc1ccc(CN(C)C(=O)CCC(C)(C)N)cc1OC. The number of nitrogens with zero attached hydrogens (tertiary/aromatic N) is 1. The van der Waals surface area contributed by atoms with Crippen LogP contribution in [0.3, 0.4) is 0 Å². The topological polar surface area (TPSA) is 64.8 Å². The van der Waals surface area contributed by atoms with Crippen LogP contribution in [0.15, 0.2) is 18.2 Å². The van der Waals surface area contributed by atoms with Crippen LogP contribution in [0.2, 0.25) is 0 Å². The molecule has 0 fully saturated rings. The van der Waals surface area contributed by atoms with E-state index >= 15 is 0 Å². The number of carbonyl (C=O) groups excluding carboxylic acids is 1. The van der Waals surface area contributed by atoms with E-state index in [1.165, 1.54) is 0 Å². The Hall–Kier alpha value is -1.75. The molecule has 0 aliphatic carbocycles. The van der Waals surface area contributed by atoms with E-state index in [0.717, 1.165) is 5.56 Å². The highest BCUT2D eigenvalue weighted by Gasteiger charge is 2.16. The first-order chi connectivity index (χ1) is 9.76. The van der Waals surface area contributed by atoms with Crippen molar-refractivity contribution in [1.29, 1.82) is 0 Å². The summed E-state index contributed by atoms with van der Waals surface area (Å²) in [6.45, 7) is 4.38. The number of carbonyl (C=O) groups is 1. The summed E-state index contributed by atoms with van der Waals surface area (Å²) in [4.78, 5) is 13.8. The Kier molecular flexibility index (Phi) is 6.03. The Morgan fingerprint density at radius 3 is 2.38 bits per heavy atom. The van der Waals surface area contributed by atoms with Gasteiger partial charge in [-0.2, -0.15) is 0 Å². The lowest BCUT2D eigenvalue weighted by atomic mass is 10.00. The first kappa shape index (κ1) is 17.3. The molecule has 1 aromatic carbocycles. The van der Waals surface area contributed by atoms with Gasteiger partial charge in [-0.3, -0.25) is 4.79 Å². The van der Waals surface area contributed by atoms with Crippen molar-refractivity contribution >= 4 is 5.91 Å². The van der Waals surface area contributed by atoms with Crippen molar-refractivity contribution in [1.82, 2.24) is 4.90 Å². The van der Waals surface area contributed by atoms with Gasteiger partial charge in [0.05, 0.1) is 14.2 Å². The summed E-state index contributed by atoms with van der Waals surface area (Å²) in [7, 11) is 4.99. The number of nitrogens with two attached hydrogens (primary N) is 1. The van der Waals surface area contributed by atoms with E-state index in [2.05, 4.69) is 0 Å². The fourth-order valence-corrected chi connectivity index (χ4v) is 1.96. The van der Waals surface area contributed by atoms with E-state index in [0.29, 0.717) is 30.9 Å². The zero-order valence-corrected chi connectivity index (χ0v) is 13.6. The highest BCUT2D eigenvalue weighted by molar-refractivity contribution is 5.76. The highest BCUT2D eigenvalue weighted by Crippen LogP contribution is 2.28. The summed E-state index contributed by atoms with van der Waals surface area (Å²) in [5.41, 5.74) is 6.58. The molecule has 0 aliphatic rings. The van der Waals surface area contributed by atoms with Gasteiger partial charge in [-0.05, 0) is 38.0 Å². The minimum atomic E-state index is -0.320. The molecular formula is C16H26N2O3. The monoisotopic (exact) mass is 294 g/mol. The summed E-state index contributed by atoms with van der Waals surface area (Å²) < 4.78 is 10.5. The average molecular weight is 294 g/mol. The Morgan fingerprint density at radius 1 is 1.24 bits per heavy atom. The molecule has 0 heterocycles. The van der Waals surface area contributed by atoms with E-state index in [1.54, 1.807) is 26.2 Å². The van der Waals surface area contributed by atoms with Crippen molar-refractivity contribution in [3.63, 3.8) is 0 Å². The molecule has 0 saturated carbocycles. The molecule has 0 saturated heterocycles. The molecule has 21 heavy (non-hydrogen) atoms. The molecule has 0 unspecified atom stereocenters. The summed E-state index contributed by atoms with van der Waals surface area (Å²) in [6, 6.07) is 5.66. The van der Waals surface area contributed by atoms with E-state index in [1.807, 2.05) is 32.0 Å². The molecule has 1 rings (SSSR count). The Morgan fingerprint density at radius 2 is 1.86 bits per heavy atom. The maximum absolute atomic E-state index is 12.1. The number of hydrogen-bond donors (Lipinski definition) is 1. The lowest BCUT2D eigenvalue weighted by molar-refractivity contribution is -0.130. The number of ether oxygens (including phenoxy) is 2. The Labute approximate surface area is 127 Å². The van der Waals surface area contributed by atoms with Gasteiger partial charge in [0.1, 0.15) is 0 Å². The molecule has 5 nitrogen and oxygen atoms in total. The van der Waals surface area contributed by atoms with Gasteiger partial charge in [-0.15, -0.1) is 0 Å².